The number of carbonyl (C=O) groups excluding carboxylic acids is 1. The van der Waals surface area contributed by atoms with Gasteiger partial charge in [0.05, 0.1) is 12.1 Å². The van der Waals surface area contributed by atoms with Gasteiger partial charge in [-0.2, -0.15) is 0 Å². The second-order valence-electron chi connectivity index (χ2n) is 6.62. The summed E-state index contributed by atoms with van der Waals surface area (Å²) >= 11 is 0. The van der Waals surface area contributed by atoms with Crippen LogP contribution in [-0.4, -0.2) is 23.2 Å². The number of hydrogen-bond donors (Lipinski definition) is 2. The molecule has 5 nitrogen and oxygen atoms in total. The molecule has 25 heavy (non-hydrogen) atoms. The van der Waals surface area contributed by atoms with Crippen LogP contribution in [0, 0.1) is 6.92 Å². The maximum atomic E-state index is 12.3. The third-order valence-corrected chi connectivity index (χ3v) is 4.71. The average molecular weight is 341 g/mol. The molecule has 1 aliphatic rings. The molecule has 1 aliphatic carbocycles. The normalized spacial score (nSPS) is 19.3. The van der Waals surface area contributed by atoms with Crippen LogP contribution >= 0.6 is 0 Å². The summed E-state index contributed by atoms with van der Waals surface area (Å²) in [7, 11) is 0. The zero-order chi connectivity index (χ0) is 17.8. The van der Waals surface area contributed by atoms with Gasteiger partial charge in [-0.1, -0.05) is 30.3 Å². The van der Waals surface area contributed by atoms with Gasteiger partial charge in [-0.05, 0) is 49.8 Å². The molecule has 2 aromatic rings. The van der Waals surface area contributed by atoms with Crippen molar-refractivity contribution in [3.63, 3.8) is 0 Å². The topological polar surface area (TPSA) is 79.5 Å². The summed E-state index contributed by atoms with van der Waals surface area (Å²) in [5, 5.41) is 12.3. The highest BCUT2D eigenvalue weighted by molar-refractivity contribution is 5.95. The van der Waals surface area contributed by atoms with Crippen molar-refractivity contribution in [1.29, 1.82) is 0 Å². The Morgan fingerprint density at radius 3 is 2.60 bits per heavy atom. The molecular formula is C20H23NO4. The van der Waals surface area contributed by atoms with E-state index in [1.54, 1.807) is 13.0 Å². The molecule has 132 valence electrons. The van der Waals surface area contributed by atoms with E-state index in [0.717, 1.165) is 19.3 Å². The maximum Gasteiger partial charge on any atom is 0.349 e. The van der Waals surface area contributed by atoms with Gasteiger partial charge in [-0.25, -0.2) is 4.79 Å². The van der Waals surface area contributed by atoms with Gasteiger partial charge in [-0.3, -0.25) is 4.79 Å². The van der Waals surface area contributed by atoms with Crippen molar-refractivity contribution in [3.8, 4) is 0 Å². The number of amides is 1. The Bertz CT molecular complexity index is 797. The first-order chi connectivity index (χ1) is 12.0. The number of nitrogens with one attached hydrogen (secondary N) is 1. The van der Waals surface area contributed by atoms with Gasteiger partial charge in [0.2, 0.25) is 0 Å². The first kappa shape index (κ1) is 17.4. The summed E-state index contributed by atoms with van der Waals surface area (Å²) in [5.41, 5.74) is 1.28. The minimum absolute atomic E-state index is 0.0332. The van der Waals surface area contributed by atoms with Crippen LogP contribution in [0.3, 0.4) is 0 Å². The lowest BCUT2D eigenvalue weighted by Crippen LogP contribution is -2.51. The lowest BCUT2D eigenvalue weighted by Gasteiger charge is -2.32. The van der Waals surface area contributed by atoms with Crippen molar-refractivity contribution < 1.29 is 14.3 Å². The van der Waals surface area contributed by atoms with E-state index >= 15 is 0 Å². The van der Waals surface area contributed by atoms with Crippen molar-refractivity contribution in [2.45, 2.75) is 51.2 Å². The number of benzene rings is 1. The van der Waals surface area contributed by atoms with E-state index in [2.05, 4.69) is 17.4 Å². The minimum atomic E-state index is -0.610. The molecule has 1 saturated carbocycles. The van der Waals surface area contributed by atoms with Crippen LogP contribution < -0.4 is 10.9 Å². The summed E-state index contributed by atoms with van der Waals surface area (Å²) in [6.07, 6.45) is 3.31. The van der Waals surface area contributed by atoms with Crippen LogP contribution in [0.1, 0.15) is 46.5 Å². The van der Waals surface area contributed by atoms with Gasteiger partial charge in [0.15, 0.2) is 0 Å². The van der Waals surface area contributed by atoms with Gasteiger partial charge < -0.3 is 14.8 Å². The molecule has 2 atom stereocenters. The quantitative estimate of drug-likeness (QED) is 0.845. The van der Waals surface area contributed by atoms with E-state index in [1.807, 2.05) is 18.2 Å². The number of carbonyl (C=O) groups is 1. The first-order valence-electron chi connectivity index (χ1n) is 8.71. The summed E-state index contributed by atoms with van der Waals surface area (Å²) < 4.78 is 5.33. The molecule has 5 heteroatoms. The molecule has 2 N–H and O–H groups in total. The smallest absolute Gasteiger partial charge is 0.349 e. The number of rotatable bonds is 6. The second-order valence-corrected chi connectivity index (χ2v) is 6.62. The maximum absolute atomic E-state index is 12.3. The van der Waals surface area contributed by atoms with Crippen LogP contribution in [0.5, 0.6) is 0 Å². The molecular weight excluding hydrogens is 318 g/mol. The largest absolute Gasteiger partial charge is 0.427 e. The monoisotopic (exact) mass is 341 g/mol. The lowest BCUT2D eigenvalue weighted by molar-refractivity contribution is 0.0445. The Balaban J connectivity index is 1.63. The van der Waals surface area contributed by atoms with Crippen LogP contribution in [0.15, 0.2) is 45.6 Å². The van der Waals surface area contributed by atoms with Crippen molar-refractivity contribution >= 4 is 5.91 Å². The predicted octanol–water partition coefficient (Wildman–Crippen LogP) is 2.38. The molecule has 0 radical (unpaired) electrons. The molecule has 1 aromatic carbocycles. The van der Waals surface area contributed by atoms with Gasteiger partial charge in [0.1, 0.15) is 11.3 Å². The minimum Gasteiger partial charge on any atom is -0.427 e. The molecule has 0 unspecified atom stereocenters. The lowest BCUT2D eigenvalue weighted by atomic mass is 9.89. The molecule has 0 saturated heterocycles. The fourth-order valence-corrected chi connectivity index (χ4v) is 3.07. The fraction of sp³-hybridized carbons (Fsp3) is 0.400. The third-order valence-electron chi connectivity index (χ3n) is 4.71. The zero-order valence-electron chi connectivity index (χ0n) is 14.3. The van der Waals surface area contributed by atoms with Crippen LogP contribution in [0.2, 0.25) is 0 Å². The van der Waals surface area contributed by atoms with Crippen LogP contribution in [0.25, 0.3) is 0 Å². The molecule has 1 aromatic heterocycles. The number of aliphatic hydroxyl groups excluding tert-OH is 1. The Hall–Kier alpha value is -2.40. The van der Waals surface area contributed by atoms with Gasteiger partial charge in [-0.15, -0.1) is 0 Å². The van der Waals surface area contributed by atoms with E-state index in [9.17, 15) is 14.7 Å². The second kappa shape index (κ2) is 7.66. The predicted molar refractivity (Wildman–Crippen MR) is 94.7 cm³/mol. The Kier molecular flexibility index (Phi) is 5.34. The van der Waals surface area contributed by atoms with Crippen molar-refractivity contribution in [1.82, 2.24) is 5.32 Å². The fourth-order valence-electron chi connectivity index (χ4n) is 3.07. The van der Waals surface area contributed by atoms with E-state index in [0.29, 0.717) is 24.2 Å². The van der Waals surface area contributed by atoms with Crippen molar-refractivity contribution in [2.24, 2.45) is 0 Å². The molecule has 0 bridgehead atoms. The molecule has 1 fully saturated rings. The number of hydrogen-bond acceptors (Lipinski definition) is 4. The first-order valence-corrected chi connectivity index (χ1v) is 8.71. The average Bonchev–Trinajstić information content (AvgIpc) is 2.59. The molecule has 1 heterocycles. The van der Waals surface area contributed by atoms with E-state index in [1.165, 1.54) is 5.56 Å². The third kappa shape index (κ3) is 4.17. The van der Waals surface area contributed by atoms with Crippen molar-refractivity contribution in [2.75, 3.05) is 0 Å². The van der Waals surface area contributed by atoms with Crippen LogP contribution in [-0.2, 0) is 12.8 Å². The molecule has 1 amide bonds. The molecule has 0 spiro atoms. The zero-order valence-corrected chi connectivity index (χ0v) is 14.3. The highest BCUT2D eigenvalue weighted by atomic mass is 16.4. The summed E-state index contributed by atoms with van der Waals surface area (Å²) in [5.74, 6) is 0.129. The summed E-state index contributed by atoms with van der Waals surface area (Å²) in [6.45, 7) is 1.74. The summed E-state index contributed by atoms with van der Waals surface area (Å²) in [6, 6.07) is 11.6. The van der Waals surface area contributed by atoms with Gasteiger partial charge in [0.25, 0.3) is 5.91 Å². The molecule has 0 aliphatic heterocycles. The Morgan fingerprint density at radius 2 is 2.00 bits per heavy atom. The Labute approximate surface area is 146 Å². The highest BCUT2D eigenvalue weighted by Crippen LogP contribution is 2.20. The van der Waals surface area contributed by atoms with Crippen LogP contribution in [0.4, 0.5) is 0 Å². The SMILES string of the molecule is Cc1cc(CCCc2ccccc2)oc(=O)c1C(=O)N[C@H]1CC[C@H]1O. The number of aryl methyl sites for hydroxylation is 3. The van der Waals surface area contributed by atoms with Crippen molar-refractivity contribution in [3.05, 3.63) is 69.3 Å². The summed E-state index contributed by atoms with van der Waals surface area (Å²) in [4.78, 5) is 24.5. The standard InChI is InChI=1S/C20H23NO4/c1-13-12-15(9-5-8-14-6-3-2-4-7-14)25-20(24)18(13)19(23)21-16-10-11-17(16)22/h2-4,6-7,12,16-17,22H,5,8-11H2,1H3,(H,21,23)/t16-,17+/m0/s1. The van der Waals surface area contributed by atoms with E-state index < -0.39 is 17.6 Å². The van der Waals surface area contributed by atoms with Gasteiger partial charge in [0, 0.05) is 6.42 Å². The molecule has 3 rings (SSSR count). The highest BCUT2D eigenvalue weighted by Gasteiger charge is 2.31. The number of aliphatic hydroxyl groups is 1. The van der Waals surface area contributed by atoms with E-state index in [4.69, 9.17) is 4.42 Å². The van der Waals surface area contributed by atoms with Gasteiger partial charge >= 0.3 is 5.63 Å². The van der Waals surface area contributed by atoms with E-state index in [-0.39, 0.29) is 11.6 Å². The Morgan fingerprint density at radius 1 is 1.24 bits per heavy atom.